The molecule has 152 valence electrons. The average Bonchev–Trinajstić information content (AvgIpc) is 3.04. The smallest absolute Gasteiger partial charge is 0.394 e. The highest BCUT2D eigenvalue weighted by molar-refractivity contribution is 7.17. The van der Waals surface area contributed by atoms with Crippen LogP contribution in [0, 0.1) is 0 Å². The summed E-state index contributed by atoms with van der Waals surface area (Å²) >= 11 is 0.976. The van der Waals surface area contributed by atoms with Crippen molar-refractivity contribution in [3.05, 3.63) is 51.9 Å². The van der Waals surface area contributed by atoms with Crippen LogP contribution in [-0.2, 0) is 38.6 Å². The molecular formula is C19H18N2O7S. The molecule has 3 rings (SSSR count). The lowest BCUT2D eigenvalue weighted by molar-refractivity contribution is -0.147. The molecule has 1 unspecified atom stereocenters. The number of nitrogens with one attached hydrogen (secondary N) is 2. The fourth-order valence-electron chi connectivity index (χ4n) is 3.00. The van der Waals surface area contributed by atoms with Crippen LogP contribution in [0.4, 0.5) is 5.00 Å². The second kappa shape index (κ2) is 8.84. The van der Waals surface area contributed by atoms with Crippen molar-refractivity contribution < 1.29 is 34.1 Å². The zero-order valence-electron chi connectivity index (χ0n) is 15.1. The van der Waals surface area contributed by atoms with E-state index in [4.69, 9.17) is 9.84 Å². The number of aliphatic carboxylic acids is 1. The fraction of sp³-hybridized carbons (Fsp3) is 0.263. The minimum atomic E-state index is -1.71. The van der Waals surface area contributed by atoms with E-state index in [1.165, 1.54) is 0 Å². The molecule has 2 aromatic rings. The molecule has 9 nitrogen and oxygen atoms in total. The van der Waals surface area contributed by atoms with Gasteiger partial charge in [0, 0.05) is 17.8 Å². The number of ether oxygens (including phenoxy) is 1. The minimum absolute atomic E-state index is 0.0349. The number of carboxylic acid groups (broad SMARTS) is 2. The van der Waals surface area contributed by atoms with Gasteiger partial charge in [-0.05, 0) is 11.1 Å². The standard InChI is InChI=1S/C19H18N2O7S/c22-14(6-10-4-2-1-3-5-10)20-8-11-7-12-13(9-28-11)29-17(15(12)18(24)25)21-16(23)19(26)27/h1-5,11H,6-9H2,(H,20,22)(H,21,23)(H,24,25)(H,26,27). The summed E-state index contributed by atoms with van der Waals surface area (Å²) in [6.45, 7) is 0.319. The molecule has 2 heterocycles. The Morgan fingerprint density at radius 3 is 2.52 bits per heavy atom. The lowest BCUT2D eigenvalue weighted by atomic mass is 10.0. The molecule has 1 atom stereocenters. The number of aromatic carboxylic acids is 1. The van der Waals surface area contributed by atoms with Crippen molar-refractivity contribution in [2.24, 2.45) is 0 Å². The van der Waals surface area contributed by atoms with E-state index in [-0.39, 0.29) is 42.5 Å². The van der Waals surface area contributed by atoms with Gasteiger partial charge in [-0.3, -0.25) is 9.59 Å². The molecule has 0 bridgehead atoms. The first kappa shape index (κ1) is 20.5. The number of carbonyl (C=O) groups is 4. The Morgan fingerprint density at radius 2 is 1.86 bits per heavy atom. The van der Waals surface area contributed by atoms with Gasteiger partial charge in [-0.15, -0.1) is 11.3 Å². The predicted octanol–water partition coefficient (Wildman–Crippen LogP) is 1.27. The second-order valence-corrected chi connectivity index (χ2v) is 7.48. The summed E-state index contributed by atoms with van der Waals surface area (Å²) in [4.78, 5) is 46.5. The number of anilines is 1. The monoisotopic (exact) mass is 418 g/mol. The number of amides is 2. The van der Waals surface area contributed by atoms with Crippen LogP contribution in [0.5, 0.6) is 0 Å². The van der Waals surface area contributed by atoms with Crippen molar-refractivity contribution in [3.8, 4) is 0 Å². The average molecular weight is 418 g/mol. The number of carboxylic acids is 2. The Kier molecular flexibility index (Phi) is 6.25. The van der Waals surface area contributed by atoms with Gasteiger partial charge >= 0.3 is 17.8 Å². The molecule has 1 aliphatic heterocycles. The van der Waals surface area contributed by atoms with E-state index >= 15 is 0 Å². The van der Waals surface area contributed by atoms with E-state index in [0.717, 1.165) is 16.9 Å². The highest BCUT2D eigenvalue weighted by Gasteiger charge is 2.31. The number of benzene rings is 1. The number of carbonyl (C=O) groups excluding carboxylic acids is 2. The van der Waals surface area contributed by atoms with Crippen molar-refractivity contribution in [1.29, 1.82) is 0 Å². The zero-order chi connectivity index (χ0) is 21.0. The van der Waals surface area contributed by atoms with Gasteiger partial charge in [-0.2, -0.15) is 0 Å². The summed E-state index contributed by atoms with van der Waals surface area (Å²) in [6, 6.07) is 9.25. The molecule has 0 radical (unpaired) electrons. The molecule has 10 heteroatoms. The molecule has 0 saturated carbocycles. The van der Waals surface area contributed by atoms with Crippen molar-refractivity contribution >= 4 is 40.1 Å². The number of rotatable bonds is 6. The van der Waals surface area contributed by atoms with Gasteiger partial charge in [-0.1, -0.05) is 30.3 Å². The second-order valence-electron chi connectivity index (χ2n) is 6.38. The summed E-state index contributed by atoms with van der Waals surface area (Å²) in [7, 11) is 0. The molecule has 1 aromatic carbocycles. The summed E-state index contributed by atoms with van der Waals surface area (Å²) in [6.07, 6.45) is 0.0170. The Bertz CT molecular complexity index is 955. The van der Waals surface area contributed by atoms with Crippen molar-refractivity contribution in [3.63, 3.8) is 0 Å². The lowest BCUT2D eigenvalue weighted by Gasteiger charge is -2.23. The summed E-state index contributed by atoms with van der Waals surface area (Å²) in [5.74, 6) is -4.46. The zero-order valence-corrected chi connectivity index (χ0v) is 16.0. The normalized spacial score (nSPS) is 15.2. The Morgan fingerprint density at radius 1 is 1.14 bits per heavy atom. The highest BCUT2D eigenvalue weighted by Crippen LogP contribution is 2.37. The number of thiophene rings is 1. The van der Waals surface area contributed by atoms with Crippen molar-refractivity contribution in [2.75, 3.05) is 11.9 Å². The number of fused-ring (bicyclic) bond motifs is 1. The first-order valence-electron chi connectivity index (χ1n) is 8.69. The van der Waals surface area contributed by atoms with Crippen LogP contribution >= 0.6 is 11.3 Å². The molecule has 0 saturated heterocycles. The third-order valence-electron chi connectivity index (χ3n) is 4.34. The van der Waals surface area contributed by atoms with Gasteiger partial charge < -0.3 is 25.6 Å². The van der Waals surface area contributed by atoms with E-state index in [0.29, 0.717) is 10.4 Å². The SMILES string of the molecule is O=C(Cc1ccccc1)NCC1Cc2c(sc(NC(=O)C(=O)O)c2C(=O)O)CO1. The molecule has 0 spiro atoms. The number of hydrogen-bond donors (Lipinski definition) is 4. The molecule has 29 heavy (non-hydrogen) atoms. The van der Waals surface area contributed by atoms with Crippen LogP contribution in [0.1, 0.15) is 26.4 Å². The highest BCUT2D eigenvalue weighted by atomic mass is 32.1. The molecule has 1 aliphatic rings. The van der Waals surface area contributed by atoms with Crippen molar-refractivity contribution in [1.82, 2.24) is 5.32 Å². The number of hydrogen-bond acceptors (Lipinski definition) is 6. The van der Waals surface area contributed by atoms with Gasteiger partial charge in [0.05, 0.1) is 24.7 Å². The largest absolute Gasteiger partial charge is 0.478 e. The van der Waals surface area contributed by atoms with Crippen LogP contribution in [0.3, 0.4) is 0 Å². The van der Waals surface area contributed by atoms with Crippen LogP contribution in [0.2, 0.25) is 0 Å². The van der Waals surface area contributed by atoms with Gasteiger partial charge in [0.2, 0.25) is 5.91 Å². The Balaban J connectivity index is 1.66. The van der Waals surface area contributed by atoms with Crippen molar-refractivity contribution in [2.45, 2.75) is 25.6 Å². The van der Waals surface area contributed by atoms with E-state index in [1.54, 1.807) is 0 Å². The van der Waals surface area contributed by atoms with Gasteiger partial charge in [-0.25, -0.2) is 9.59 Å². The lowest BCUT2D eigenvalue weighted by Crippen LogP contribution is -2.37. The minimum Gasteiger partial charge on any atom is -0.478 e. The molecule has 4 N–H and O–H groups in total. The summed E-state index contributed by atoms with van der Waals surface area (Å²) < 4.78 is 5.68. The third kappa shape index (κ3) is 4.98. The predicted molar refractivity (Wildman–Crippen MR) is 103 cm³/mol. The first-order valence-corrected chi connectivity index (χ1v) is 9.51. The molecule has 0 fully saturated rings. The molecule has 0 aliphatic carbocycles. The van der Waals surface area contributed by atoms with E-state index in [1.807, 2.05) is 30.3 Å². The summed E-state index contributed by atoms with van der Waals surface area (Å²) in [5.41, 5.74) is 1.22. The van der Waals surface area contributed by atoms with Gasteiger partial charge in [0.15, 0.2) is 0 Å². The fourth-order valence-corrected chi connectivity index (χ4v) is 4.14. The molecule has 1 aromatic heterocycles. The summed E-state index contributed by atoms with van der Waals surface area (Å²) in [5, 5.41) is 23.1. The van der Waals surface area contributed by atoms with E-state index in [9.17, 15) is 24.3 Å². The molecular weight excluding hydrogens is 400 g/mol. The maximum absolute atomic E-state index is 12.1. The maximum atomic E-state index is 12.1. The topological polar surface area (TPSA) is 142 Å². The van der Waals surface area contributed by atoms with E-state index in [2.05, 4.69) is 10.6 Å². The third-order valence-corrected chi connectivity index (χ3v) is 5.46. The van der Waals surface area contributed by atoms with Gasteiger partial charge in [0.25, 0.3) is 0 Å². The van der Waals surface area contributed by atoms with Crippen LogP contribution in [-0.4, -0.2) is 46.6 Å². The van der Waals surface area contributed by atoms with Crippen LogP contribution < -0.4 is 10.6 Å². The molecule has 2 amide bonds. The van der Waals surface area contributed by atoms with Crippen LogP contribution in [0.15, 0.2) is 30.3 Å². The first-order chi connectivity index (χ1) is 13.8. The van der Waals surface area contributed by atoms with Gasteiger partial charge in [0.1, 0.15) is 5.00 Å². The van der Waals surface area contributed by atoms with Crippen LogP contribution in [0.25, 0.3) is 0 Å². The van der Waals surface area contributed by atoms with E-state index < -0.39 is 23.9 Å². The Labute approximate surface area is 169 Å². The maximum Gasteiger partial charge on any atom is 0.394 e. The quantitative estimate of drug-likeness (QED) is 0.518. The Hall–Kier alpha value is -3.24.